The van der Waals surface area contributed by atoms with Crippen molar-refractivity contribution in [2.75, 3.05) is 49.1 Å². The molecule has 4 heteroatoms. The Morgan fingerprint density at radius 2 is 1.62 bits per heavy atom. The van der Waals surface area contributed by atoms with Gasteiger partial charge in [-0.25, -0.2) is 4.98 Å². The van der Waals surface area contributed by atoms with Crippen molar-refractivity contribution in [1.29, 1.82) is 0 Å². The van der Waals surface area contributed by atoms with Gasteiger partial charge >= 0.3 is 0 Å². The van der Waals surface area contributed by atoms with Crippen LogP contribution in [0, 0.1) is 12.8 Å². The number of benzene rings is 1. The van der Waals surface area contributed by atoms with E-state index in [4.69, 9.17) is 4.98 Å². The van der Waals surface area contributed by atoms with E-state index in [1.165, 1.54) is 40.8 Å². The molecule has 0 saturated carbocycles. The van der Waals surface area contributed by atoms with Crippen LogP contribution in [-0.4, -0.2) is 44.3 Å². The van der Waals surface area contributed by atoms with Gasteiger partial charge in [-0.15, -0.1) is 0 Å². The zero-order valence-electron chi connectivity index (χ0n) is 14.9. The summed E-state index contributed by atoms with van der Waals surface area (Å²) >= 11 is 0. The van der Waals surface area contributed by atoms with Gasteiger partial charge in [-0.3, -0.25) is 0 Å². The lowest BCUT2D eigenvalue weighted by Crippen LogP contribution is -2.44. The lowest BCUT2D eigenvalue weighted by atomic mass is 9.98. The molecule has 4 rings (SSSR count). The Kier molecular flexibility index (Phi) is 4.31. The maximum atomic E-state index is 5.09. The van der Waals surface area contributed by atoms with Crippen molar-refractivity contribution in [2.24, 2.45) is 5.92 Å². The van der Waals surface area contributed by atoms with Crippen LogP contribution in [0.25, 0.3) is 10.8 Å². The van der Waals surface area contributed by atoms with E-state index in [2.05, 4.69) is 53.2 Å². The number of fused-ring (bicyclic) bond motifs is 1. The molecule has 1 aromatic carbocycles. The van der Waals surface area contributed by atoms with Gasteiger partial charge in [0.15, 0.2) is 0 Å². The summed E-state index contributed by atoms with van der Waals surface area (Å²) in [4.78, 5) is 10.1. The first-order valence-corrected chi connectivity index (χ1v) is 9.34. The maximum absolute atomic E-state index is 5.09. The quantitative estimate of drug-likeness (QED) is 0.919. The fourth-order valence-electron chi connectivity index (χ4n) is 4.10. The van der Waals surface area contributed by atoms with E-state index < -0.39 is 0 Å². The average molecular weight is 324 g/mol. The monoisotopic (exact) mass is 324 g/mol. The van der Waals surface area contributed by atoms with Gasteiger partial charge in [-0.2, -0.15) is 0 Å². The van der Waals surface area contributed by atoms with Crippen LogP contribution in [0.15, 0.2) is 24.3 Å². The molecule has 0 aliphatic carbocycles. The fraction of sp³-hybridized carbons (Fsp3) is 0.550. The van der Waals surface area contributed by atoms with Crippen LogP contribution < -0.4 is 15.1 Å². The molecule has 24 heavy (non-hydrogen) atoms. The topological polar surface area (TPSA) is 31.4 Å². The van der Waals surface area contributed by atoms with Crippen LogP contribution >= 0.6 is 0 Å². The highest BCUT2D eigenvalue weighted by Crippen LogP contribution is 2.36. The zero-order valence-corrected chi connectivity index (χ0v) is 14.9. The van der Waals surface area contributed by atoms with Gasteiger partial charge in [0, 0.05) is 50.0 Å². The molecule has 0 spiro atoms. The van der Waals surface area contributed by atoms with E-state index in [9.17, 15) is 0 Å². The largest absolute Gasteiger partial charge is 0.367 e. The Morgan fingerprint density at radius 3 is 2.33 bits per heavy atom. The molecule has 1 N–H and O–H groups in total. The van der Waals surface area contributed by atoms with Gasteiger partial charge in [-0.1, -0.05) is 31.2 Å². The maximum Gasteiger partial charge on any atom is 0.136 e. The summed E-state index contributed by atoms with van der Waals surface area (Å²) in [6.07, 6.45) is 2.54. The highest BCUT2D eigenvalue weighted by molar-refractivity contribution is 6.01. The van der Waals surface area contributed by atoms with Gasteiger partial charge in [0.1, 0.15) is 5.82 Å². The Morgan fingerprint density at radius 1 is 0.958 bits per heavy atom. The van der Waals surface area contributed by atoms with Gasteiger partial charge < -0.3 is 15.1 Å². The molecule has 0 unspecified atom stereocenters. The summed E-state index contributed by atoms with van der Waals surface area (Å²) in [6.45, 7) is 11.0. The number of pyridine rings is 1. The van der Waals surface area contributed by atoms with Crippen LogP contribution in [-0.2, 0) is 0 Å². The molecule has 2 aromatic rings. The zero-order chi connectivity index (χ0) is 16.5. The SMILES string of the molecule is Cc1nc(N2CCC(C)CC2)c2ccccc2c1N1CCNCC1. The van der Waals surface area contributed by atoms with Crippen molar-refractivity contribution in [1.82, 2.24) is 10.3 Å². The minimum atomic E-state index is 0.841. The van der Waals surface area contributed by atoms with Crippen molar-refractivity contribution in [3.8, 4) is 0 Å². The molecule has 1 aromatic heterocycles. The van der Waals surface area contributed by atoms with Crippen LogP contribution in [0.1, 0.15) is 25.5 Å². The molecule has 4 nitrogen and oxygen atoms in total. The van der Waals surface area contributed by atoms with Gasteiger partial charge in [0.05, 0.1) is 11.4 Å². The van der Waals surface area contributed by atoms with Crippen molar-refractivity contribution in [3.63, 3.8) is 0 Å². The normalized spacial score (nSPS) is 19.9. The van der Waals surface area contributed by atoms with Crippen molar-refractivity contribution in [2.45, 2.75) is 26.7 Å². The number of aryl methyl sites for hydroxylation is 1. The van der Waals surface area contributed by atoms with E-state index in [1.54, 1.807) is 0 Å². The molecule has 0 amide bonds. The van der Waals surface area contributed by atoms with Crippen molar-refractivity contribution < 1.29 is 0 Å². The van der Waals surface area contributed by atoms with Crippen LogP contribution in [0.4, 0.5) is 11.5 Å². The molecule has 3 heterocycles. The summed E-state index contributed by atoms with van der Waals surface area (Å²) in [5, 5.41) is 6.12. The summed E-state index contributed by atoms with van der Waals surface area (Å²) < 4.78 is 0. The Bertz CT molecular complexity index is 713. The highest BCUT2D eigenvalue weighted by Gasteiger charge is 2.23. The number of aromatic nitrogens is 1. The number of hydrogen-bond acceptors (Lipinski definition) is 4. The third-order valence-corrected chi connectivity index (χ3v) is 5.56. The van der Waals surface area contributed by atoms with Crippen LogP contribution in [0.2, 0.25) is 0 Å². The lowest BCUT2D eigenvalue weighted by Gasteiger charge is -2.35. The van der Waals surface area contributed by atoms with Crippen molar-refractivity contribution in [3.05, 3.63) is 30.0 Å². The van der Waals surface area contributed by atoms with E-state index in [0.717, 1.165) is 45.2 Å². The summed E-state index contributed by atoms with van der Waals surface area (Å²) in [7, 11) is 0. The molecule has 2 saturated heterocycles. The lowest BCUT2D eigenvalue weighted by molar-refractivity contribution is 0.437. The van der Waals surface area contributed by atoms with E-state index in [1.807, 2.05) is 0 Å². The fourth-order valence-corrected chi connectivity index (χ4v) is 4.10. The van der Waals surface area contributed by atoms with Crippen molar-refractivity contribution >= 4 is 22.3 Å². The third kappa shape index (κ3) is 2.84. The molecular formula is C20H28N4. The summed E-state index contributed by atoms with van der Waals surface area (Å²) in [5.74, 6) is 2.03. The predicted octanol–water partition coefficient (Wildman–Crippen LogP) is 3.19. The molecule has 0 radical (unpaired) electrons. The molecule has 0 bridgehead atoms. The highest BCUT2D eigenvalue weighted by atomic mass is 15.2. The number of rotatable bonds is 2. The van der Waals surface area contributed by atoms with Gasteiger partial charge in [0.25, 0.3) is 0 Å². The second-order valence-corrected chi connectivity index (χ2v) is 7.32. The molecule has 0 atom stereocenters. The first kappa shape index (κ1) is 15.7. The van der Waals surface area contributed by atoms with Gasteiger partial charge in [0.2, 0.25) is 0 Å². The van der Waals surface area contributed by atoms with E-state index >= 15 is 0 Å². The molecule has 2 fully saturated rings. The molecule has 128 valence electrons. The molecule has 2 aliphatic heterocycles. The van der Waals surface area contributed by atoms with E-state index in [0.29, 0.717) is 0 Å². The first-order chi connectivity index (χ1) is 11.7. The summed E-state index contributed by atoms with van der Waals surface area (Å²) in [5.41, 5.74) is 2.51. The number of nitrogens with zero attached hydrogens (tertiary/aromatic N) is 3. The van der Waals surface area contributed by atoms with E-state index in [-0.39, 0.29) is 0 Å². The number of hydrogen-bond donors (Lipinski definition) is 1. The molecule has 2 aliphatic rings. The minimum absolute atomic E-state index is 0.841. The number of piperazine rings is 1. The predicted molar refractivity (Wildman–Crippen MR) is 102 cm³/mol. The van der Waals surface area contributed by atoms with Crippen LogP contribution in [0.5, 0.6) is 0 Å². The van der Waals surface area contributed by atoms with Crippen LogP contribution in [0.3, 0.4) is 0 Å². The Hall–Kier alpha value is -1.81. The minimum Gasteiger partial charge on any atom is -0.367 e. The standard InChI is InChI=1S/C20H28N4/c1-15-7-11-24(12-8-15)20-18-6-4-3-5-17(18)19(16(2)22-20)23-13-9-21-10-14-23/h3-6,15,21H,7-14H2,1-2H3. The molecular weight excluding hydrogens is 296 g/mol. The smallest absolute Gasteiger partial charge is 0.136 e. The average Bonchev–Trinajstić information content (AvgIpc) is 2.62. The number of piperidine rings is 1. The van der Waals surface area contributed by atoms with Gasteiger partial charge in [-0.05, 0) is 25.7 Å². The second-order valence-electron chi connectivity index (χ2n) is 7.32. The Balaban J connectivity index is 1.79. The number of anilines is 2. The second kappa shape index (κ2) is 6.60. The summed E-state index contributed by atoms with van der Waals surface area (Å²) in [6, 6.07) is 8.84. The first-order valence-electron chi connectivity index (χ1n) is 9.34. The number of nitrogens with one attached hydrogen (secondary N) is 1. The Labute approximate surface area is 144 Å². The third-order valence-electron chi connectivity index (χ3n) is 5.56.